The average molecular weight is 257 g/mol. The fourth-order valence-electron chi connectivity index (χ4n) is 1.82. The monoisotopic (exact) mass is 257 g/mol. The van der Waals surface area contributed by atoms with Gasteiger partial charge >= 0.3 is 6.09 Å². The van der Waals surface area contributed by atoms with Gasteiger partial charge < -0.3 is 20.7 Å². The molecule has 1 unspecified atom stereocenters. The van der Waals surface area contributed by atoms with Gasteiger partial charge in [0.1, 0.15) is 5.60 Å². The topological polar surface area (TPSA) is 84.7 Å². The van der Waals surface area contributed by atoms with Crippen LogP contribution in [0.25, 0.3) is 0 Å². The van der Waals surface area contributed by atoms with Crippen molar-refractivity contribution in [1.82, 2.24) is 10.2 Å². The maximum absolute atomic E-state index is 11.8. The average Bonchev–Trinajstić information content (AvgIpc) is 2.63. The third kappa shape index (κ3) is 5.35. The van der Waals surface area contributed by atoms with E-state index in [-0.39, 0.29) is 18.0 Å². The van der Waals surface area contributed by atoms with Gasteiger partial charge in [-0.1, -0.05) is 0 Å². The predicted octanol–water partition coefficient (Wildman–Crippen LogP) is 0.461. The van der Waals surface area contributed by atoms with Crippen LogP contribution >= 0.6 is 0 Å². The van der Waals surface area contributed by atoms with Crippen LogP contribution < -0.4 is 11.1 Å². The minimum Gasteiger partial charge on any atom is -0.444 e. The Morgan fingerprint density at radius 1 is 1.44 bits per heavy atom. The zero-order valence-corrected chi connectivity index (χ0v) is 11.4. The van der Waals surface area contributed by atoms with Crippen LogP contribution in [0.2, 0.25) is 0 Å². The largest absolute Gasteiger partial charge is 0.444 e. The Morgan fingerprint density at radius 3 is 2.67 bits per heavy atom. The normalized spacial score (nSPS) is 19.9. The zero-order valence-electron chi connectivity index (χ0n) is 11.4. The Bertz CT molecular complexity index is 312. The molecule has 0 bridgehead atoms. The molecule has 0 saturated carbocycles. The number of nitrogens with two attached hydrogens (primary N) is 1. The van der Waals surface area contributed by atoms with Crippen LogP contribution in [0.15, 0.2) is 0 Å². The van der Waals surface area contributed by atoms with E-state index in [0.29, 0.717) is 26.1 Å². The molecule has 0 radical (unpaired) electrons. The minimum absolute atomic E-state index is 0.219. The highest BCUT2D eigenvalue weighted by molar-refractivity contribution is 5.73. The van der Waals surface area contributed by atoms with Crippen LogP contribution in [0.4, 0.5) is 4.79 Å². The van der Waals surface area contributed by atoms with Gasteiger partial charge in [-0.2, -0.15) is 0 Å². The van der Waals surface area contributed by atoms with Crippen molar-refractivity contribution in [1.29, 1.82) is 0 Å². The number of primary amides is 1. The van der Waals surface area contributed by atoms with Gasteiger partial charge in [0.15, 0.2) is 0 Å². The lowest BCUT2D eigenvalue weighted by molar-refractivity contribution is -0.117. The minimum atomic E-state index is -0.464. The van der Waals surface area contributed by atoms with Crippen LogP contribution in [0.5, 0.6) is 0 Å². The predicted molar refractivity (Wildman–Crippen MR) is 68.0 cm³/mol. The smallest absolute Gasteiger partial charge is 0.410 e. The summed E-state index contributed by atoms with van der Waals surface area (Å²) in [6.45, 7) is 7.41. The number of hydrogen-bond donors (Lipinski definition) is 2. The second-order valence-corrected chi connectivity index (χ2v) is 5.58. The van der Waals surface area contributed by atoms with Gasteiger partial charge in [-0.3, -0.25) is 4.79 Å². The zero-order chi connectivity index (χ0) is 13.8. The van der Waals surface area contributed by atoms with Crippen molar-refractivity contribution in [2.24, 2.45) is 5.73 Å². The van der Waals surface area contributed by atoms with Gasteiger partial charge in [0.2, 0.25) is 5.91 Å². The van der Waals surface area contributed by atoms with Gasteiger partial charge in [-0.05, 0) is 27.2 Å². The molecule has 1 atom stereocenters. The van der Waals surface area contributed by atoms with Gasteiger partial charge in [0.25, 0.3) is 0 Å². The van der Waals surface area contributed by atoms with Crippen LogP contribution in [0.1, 0.15) is 33.6 Å². The van der Waals surface area contributed by atoms with E-state index in [1.807, 2.05) is 20.8 Å². The lowest BCUT2D eigenvalue weighted by Crippen LogP contribution is -2.39. The molecule has 1 saturated heterocycles. The molecule has 2 amide bonds. The summed E-state index contributed by atoms with van der Waals surface area (Å²) in [5.74, 6) is -0.315. The second-order valence-electron chi connectivity index (χ2n) is 5.58. The number of nitrogens with zero attached hydrogens (tertiary/aromatic N) is 1. The van der Waals surface area contributed by atoms with Crippen molar-refractivity contribution in [3.05, 3.63) is 0 Å². The van der Waals surface area contributed by atoms with Gasteiger partial charge in [-0.25, -0.2) is 4.79 Å². The first-order valence-corrected chi connectivity index (χ1v) is 6.27. The van der Waals surface area contributed by atoms with E-state index in [9.17, 15) is 9.59 Å². The number of carbonyl (C=O) groups excluding carboxylic acids is 2. The van der Waals surface area contributed by atoms with Crippen molar-refractivity contribution in [2.75, 3.05) is 19.6 Å². The number of nitrogens with one attached hydrogen (secondary N) is 1. The number of likely N-dealkylation sites (tertiary alicyclic amines) is 1. The second kappa shape index (κ2) is 6.04. The lowest BCUT2D eigenvalue weighted by Gasteiger charge is -2.24. The first-order chi connectivity index (χ1) is 8.28. The molecule has 0 aromatic carbocycles. The van der Waals surface area contributed by atoms with Crippen molar-refractivity contribution >= 4 is 12.0 Å². The first-order valence-electron chi connectivity index (χ1n) is 6.27. The maximum atomic E-state index is 11.8. The van der Waals surface area contributed by atoms with E-state index in [2.05, 4.69) is 5.32 Å². The number of amides is 2. The molecular formula is C12H23N3O3. The van der Waals surface area contributed by atoms with E-state index in [1.54, 1.807) is 4.90 Å². The maximum Gasteiger partial charge on any atom is 0.410 e. The van der Waals surface area contributed by atoms with Crippen LogP contribution in [0.3, 0.4) is 0 Å². The summed E-state index contributed by atoms with van der Waals surface area (Å²) in [4.78, 5) is 24.1. The van der Waals surface area contributed by atoms with E-state index in [0.717, 1.165) is 6.42 Å². The molecule has 18 heavy (non-hydrogen) atoms. The summed E-state index contributed by atoms with van der Waals surface area (Å²) in [7, 11) is 0. The molecule has 1 heterocycles. The van der Waals surface area contributed by atoms with Crippen molar-refractivity contribution in [3.8, 4) is 0 Å². The highest BCUT2D eigenvalue weighted by atomic mass is 16.6. The van der Waals surface area contributed by atoms with Crippen molar-refractivity contribution in [3.63, 3.8) is 0 Å². The highest BCUT2D eigenvalue weighted by Gasteiger charge is 2.29. The number of ether oxygens (including phenoxy) is 1. The van der Waals surface area contributed by atoms with Crippen molar-refractivity contribution < 1.29 is 14.3 Å². The van der Waals surface area contributed by atoms with Gasteiger partial charge in [-0.15, -0.1) is 0 Å². The molecule has 1 fully saturated rings. The Balaban J connectivity index is 2.28. The van der Waals surface area contributed by atoms with E-state index >= 15 is 0 Å². The molecule has 104 valence electrons. The lowest BCUT2D eigenvalue weighted by atomic mass is 10.2. The molecule has 0 aromatic rings. The molecule has 1 aliphatic heterocycles. The Kier molecular flexibility index (Phi) is 4.95. The number of rotatable bonds is 4. The third-order valence-electron chi connectivity index (χ3n) is 2.64. The fourth-order valence-corrected chi connectivity index (χ4v) is 1.82. The van der Waals surface area contributed by atoms with E-state index < -0.39 is 5.60 Å². The summed E-state index contributed by atoms with van der Waals surface area (Å²) in [5.41, 5.74) is 4.59. The van der Waals surface area contributed by atoms with Crippen molar-refractivity contribution in [2.45, 2.75) is 45.3 Å². The molecule has 0 aromatic heterocycles. The van der Waals surface area contributed by atoms with Crippen LogP contribution in [-0.2, 0) is 9.53 Å². The molecule has 0 aliphatic carbocycles. The Morgan fingerprint density at radius 2 is 2.11 bits per heavy atom. The fraction of sp³-hybridized carbons (Fsp3) is 0.833. The summed E-state index contributed by atoms with van der Waals surface area (Å²) >= 11 is 0. The molecule has 6 heteroatoms. The van der Waals surface area contributed by atoms with Crippen LogP contribution in [0, 0.1) is 0 Å². The molecule has 3 N–H and O–H groups in total. The Hall–Kier alpha value is -1.30. The molecule has 6 nitrogen and oxygen atoms in total. The highest BCUT2D eigenvalue weighted by Crippen LogP contribution is 2.15. The molecular weight excluding hydrogens is 234 g/mol. The number of hydrogen-bond acceptors (Lipinski definition) is 4. The van der Waals surface area contributed by atoms with Gasteiger partial charge in [0, 0.05) is 32.1 Å². The van der Waals surface area contributed by atoms with E-state index in [1.165, 1.54) is 0 Å². The first kappa shape index (κ1) is 14.8. The van der Waals surface area contributed by atoms with E-state index in [4.69, 9.17) is 10.5 Å². The molecule has 0 spiro atoms. The Labute approximate surface area is 108 Å². The SMILES string of the molecule is CC(C)(C)OC(=O)N1CCC(NCCC(N)=O)C1. The van der Waals surface area contributed by atoms with Crippen LogP contribution in [-0.4, -0.2) is 48.2 Å². The van der Waals surface area contributed by atoms with Gasteiger partial charge in [0.05, 0.1) is 0 Å². The quantitative estimate of drug-likeness (QED) is 0.766. The number of carbonyl (C=O) groups is 2. The summed E-state index contributed by atoms with van der Waals surface area (Å²) < 4.78 is 5.30. The molecule has 1 rings (SSSR count). The summed E-state index contributed by atoms with van der Waals surface area (Å²) in [6, 6.07) is 0.219. The summed E-state index contributed by atoms with van der Waals surface area (Å²) in [5, 5.41) is 3.21. The third-order valence-corrected chi connectivity index (χ3v) is 2.64. The summed E-state index contributed by atoms with van der Waals surface area (Å²) in [6.07, 6.45) is 0.919. The standard InChI is InChI=1S/C12H23N3O3/c1-12(2,3)18-11(17)15-7-5-9(8-15)14-6-4-10(13)16/h9,14H,4-8H2,1-3H3,(H2,13,16). The molecule has 1 aliphatic rings.